The molecule has 0 spiro atoms. The molecule has 0 fully saturated rings. The highest BCUT2D eigenvalue weighted by atomic mass is 79.9. The summed E-state index contributed by atoms with van der Waals surface area (Å²) >= 11 is 23.7. The minimum Gasteiger partial charge on any atom is -0.0838 e. The van der Waals surface area contributed by atoms with Crippen molar-refractivity contribution in [2.24, 2.45) is 5.41 Å². The molecule has 2 bridgehead atoms. The molecule has 4 heteroatoms. The quantitative estimate of drug-likeness (QED) is 0.403. The van der Waals surface area contributed by atoms with E-state index in [-0.39, 0.29) is 16.2 Å². The largest absolute Gasteiger partial charge is 0.198 e. The van der Waals surface area contributed by atoms with E-state index in [2.05, 4.69) is 78.3 Å². The Hall–Kier alpha value is -0.210. The number of benzene rings is 2. The zero-order valence-electron chi connectivity index (χ0n) is 12.8. The van der Waals surface area contributed by atoms with E-state index in [1.807, 2.05) is 0 Å². The molecule has 23 heavy (non-hydrogen) atoms. The summed E-state index contributed by atoms with van der Waals surface area (Å²) in [6.45, 7) is 4.26. The van der Waals surface area contributed by atoms with Gasteiger partial charge in [-0.2, -0.15) is 0 Å². The van der Waals surface area contributed by atoms with Crippen molar-refractivity contribution in [2.75, 3.05) is 0 Å². The van der Waals surface area contributed by atoms with Gasteiger partial charge in [0.25, 0.3) is 0 Å². The van der Waals surface area contributed by atoms with E-state index < -0.39 is 9.21 Å². The monoisotopic (exact) mass is 428 g/mol. The van der Waals surface area contributed by atoms with Crippen LogP contribution in [0.5, 0.6) is 0 Å². The van der Waals surface area contributed by atoms with Gasteiger partial charge in [-0.05, 0) is 29.2 Å². The second kappa shape index (κ2) is 4.91. The van der Waals surface area contributed by atoms with Gasteiger partial charge in [-0.15, -0.1) is 0 Å². The summed E-state index contributed by atoms with van der Waals surface area (Å²) in [5.41, 5.74) is 4.66. The van der Waals surface area contributed by atoms with Crippen molar-refractivity contribution < 1.29 is 0 Å². The molecule has 0 unspecified atom stereocenters. The molecule has 2 aromatic rings. The third-order valence-electron chi connectivity index (χ3n) is 5.96. The SMILES string of the molecule is C[C@@]1(C(Cl)(Cl)Cl)C2c3ccccc3C(c3ccccc32)[C@@]1(C)Br. The molecule has 120 valence electrons. The van der Waals surface area contributed by atoms with Gasteiger partial charge >= 0.3 is 0 Å². The van der Waals surface area contributed by atoms with Crippen LogP contribution in [0.25, 0.3) is 0 Å². The lowest BCUT2D eigenvalue weighted by Crippen LogP contribution is -2.61. The van der Waals surface area contributed by atoms with E-state index in [0.717, 1.165) is 0 Å². The fourth-order valence-electron chi connectivity index (χ4n) is 4.64. The Labute approximate surface area is 160 Å². The van der Waals surface area contributed by atoms with E-state index in [4.69, 9.17) is 34.8 Å². The standard InChI is InChI=1S/C19H16BrCl3/c1-17(19(21,22)23)15-11-7-3-5-9-13(11)16(18(17,2)20)14-10-6-4-8-12(14)15/h3-10,15-16H,1-2H3/t15?,16?,17-,18-/m1/s1. The molecule has 0 nitrogen and oxygen atoms in total. The van der Waals surface area contributed by atoms with Crippen molar-refractivity contribution in [3.05, 3.63) is 70.8 Å². The molecule has 0 heterocycles. The normalized spacial score (nSPS) is 34.9. The highest BCUT2D eigenvalue weighted by Crippen LogP contribution is 2.73. The lowest BCUT2D eigenvalue weighted by molar-refractivity contribution is 0.160. The Bertz CT molecular complexity index is 746. The summed E-state index contributed by atoms with van der Waals surface area (Å²) in [6, 6.07) is 17.1. The molecule has 2 atom stereocenters. The molecule has 0 saturated heterocycles. The van der Waals surface area contributed by atoms with Crippen molar-refractivity contribution >= 4 is 50.7 Å². The summed E-state index contributed by atoms with van der Waals surface area (Å²) in [7, 11) is 0. The first-order valence-electron chi connectivity index (χ1n) is 7.64. The van der Waals surface area contributed by atoms with Gasteiger partial charge in [-0.3, -0.25) is 0 Å². The van der Waals surface area contributed by atoms with E-state index in [1.54, 1.807) is 0 Å². The number of rotatable bonds is 0. The zero-order valence-corrected chi connectivity index (χ0v) is 16.6. The first kappa shape index (κ1) is 16.3. The van der Waals surface area contributed by atoms with Gasteiger partial charge in [0.2, 0.25) is 0 Å². The smallest absolute Gasteiger partial charge is 0.0838 e. The Balaban J connectivity index is 2.14. The van der Waals surface area contributed by atoms with E-state index in [1.165, 1.54) is 22.3 Å². The van der Waals surface area contributed by atoms with E-state index in [0.29, 0.717) is 0 Å². The molecule has 0 amide bonds. The molecule has 0 aromatic heterocycles. The van der Waals surface area contributed by atoms with E-state index in [9.17, 15) is 0 Å². The van der Waals surface area contributed by atoms with Gasteiger partial charge in [-0.25, -0.2) is 0 Å². The highest BCUT2D eigenvalue weighted by Gasteiger charge is 2.69. The summed E-state index contributed by atoms with van der Waals surface area (Å²) in [5.74, 6) is 0.192. The number of fused-ring (bicyclic) bond motifs is 1. The molecule has 3 aliphatic carbocycles. The molecule has 3 aliphatic rings. The molecular weight excluding hydrogens is 414 g/mol. The van der Waals surface area contributed by atoms with Crippen molar-refractivity contribution in [3.63, 3.8) is 0 Å². The predicted octanol–water partition coefficient (Wildman–Crippen LogP) is 6.81. The average Bonchev–Trinajstić information content (AvgIpc) is 2.49. The number of alkyl halides is 4. The van der Waals surface area contributed by atoms with Gasteiger partial charge in [0.15, 0.2) is 3.79 Å². The van der Waals surface area contributed by atoms with Crippen LogP contribution >= 0.6 is 50.7 Å². The highest BCUT2D eigenvalue weighted by molar-refractivity contribution is 9.10. The summed E-state index contributed by atoms with van der Waals surface area (Å²) in [6.07, 6.45) is 0. The molecule has 0 aliphatic heterocycles. The predicted molar refractivity (Wildman–Crippen MR) is 102 cm³/mol. The van der Waals surface area contributed by atoms with Crippen LogP contribution in [0.4, 0.5) is 0 Å². The van der Waals surface area contributed by atoms with Gasteiger partial charge in [0.1, 0.15) is 0 Å². The molecular formula is C19H16BrCl3. The van der Waals surface area contributed by atoms with Crippen molar-refractivity contribution in [1.82, 2.24) is 0 Å². The molecule has 0 radical (unpaired) electrons. The maximum atomic E-state index is 6.57. The summed E-state index contributed by atoms with van der Waals surface area (Å²) in [4.78, 5) is 0. The zero-order chi connectivity index (χ0) is 16.6. The average molecular weight is 431 g/mol. The third-order valence-corrected chi connectivity index (χ3v) is 8.42. The molecule has 2 aromatic carbocycles. The topological polar surface area (TPSA) is 0 Å². The fourth-order valence-corrected chi connectivity index (χ4v) is 6.92. The van der Waals surface area contributed by atoms with Gasteiger partial charge < -0.3 is 0 Å². The lowest BCUT2D eigenvalue weighted by atomic mass is 9.48. The summed E-state index contributed by atoms with van der Waals surface area (Å²) < 4.78 is -1.76. The Morgan fingerprint density at radius 1 is 0.783 bits per heavy atom. The molecule has 0 N–H and O–H groups in total. The Morgan fingerprint density at radius 3 is 1.48 bits per heavy atom. The second-order valence-corrected chi connectivity index (χ2v) is 10.8. The first-order chi connectivity index (χ1) is 10.7. The Morgan fingerprint density at radius 2 is 1.13 bits per heavy atom. The Kier molecular flexibility index (Phi) is 3.47. The number of hydrogen-bond donors (Lipinski definition) is 0. The van der Waals surface area contributed by atoms with Crippen molar-refractivity contribution in [2.45, 2.75) is 33.8 Å². The van der Waals surface area contributed by atoms with Gasteiger partial charge in [-0.1, -0.05) is 106 Å². The van der Waals surface area contributed by atoms with Crippen LogP contribution in [0.3, 0.4) is 0 Å². The maximum Gasteiger partial charge on any atom is 0.198 e. The lowest BCUT2D eigenvalue weighted by Gasteiger charge is -2.63. The van der Waals surface area contributed by atoms with Crippen molar-refractivity contribution in [1.29, 1.82) is 0 Å². The van der Waals surface area contributed by atoms with Crippen LogP contribution in [0.1, 0.15) is 47.9 Å². The molecule has 5 rings (SSSR count). The van der Waals surface area contributed by atoms with Crippen LogP contribution < -0.4 is 0 Å². The van der Waals surface area contributed by atoms with Crippen LogP contribution in [-0.4, -0.2) is 8.12 Å². The van der Waals surface area contributed by atoms with Crippen LogP contribution in [-0.2, 0) is 0 Å². The minimum absolute atomic E-state index is 0.0387. The fraction of sp³-hybridized carbons (Fsp3) is 0.368. The first-order valence-corrected chi connectivity index (χ1v) is 9.57. The van der Waals surface area contributed by atoms with Gasteiger partial charge in [0, 0.05) is 21.6 Å². The third kappa shape index (κ3) is 1.86. The van der Waals surface area contributed by atoms with E-state index >= 15 is 0 Å². The van der Waals surface area contributed by atoms with Crippen LogP contribution in [0, 0.1) is 5.41 Å². The second-order valence-electron chi connectivity index (χ2n) is 6.90. The van der Waals surface area contributed by atoms with Gasteiger partial charge in [0.05, 0.1) is 0 Å². The number of halogens is 4. The van der Waals surface area contributed by atoms with Crippen LogP contribution in [0.15, 0.2) is 48.5 Å². The maximum absolute atomic E-state index is 6.57. The number of hydrogen-bond acceptors (Lipinski definition) is 0. The summed E-state index contributed by atoms with van der Waals surface area (Å²) in [5, 5.41) is 0. The molecule has 0 saturated carbocycles. The van der Waals surface area contributed by atoms with Crippen molar-refractivity contribution in [3.8, 4) is 0 Å². The minimum atomic E-state index is -1.39. The van der Waals surface area contributed by atoms with Crippen LogP contribution in [0.2, 0.25) is 0 Å².